The van der Waals surface area contributed by atoms with Gasteiger partial charge in [0.25, 0.3) is 5.56 Å². The van der Waals surface area contributed by atoms with E-state index in [0.29, 0.717) is 36.9 Å². The van der Waals surface area contributed by atoms with Crippen LogP contribution in [0.1, 0.15) is 62.0 Å². The third-order valence-corrected chi connectivity index (χ3v) is 9.08. The normalized spacial score (nSPS) is 16.1. The molecule has 2 aromatic carbocycles. The Morgan fingerprint density at radius 2 is 1.68 bits per heavy atom. The van der Waals surface area contributed by atoms with Crippen molar-refractivity contribution in [3.8, 4) is 0 Å². The fourth-order valence-electron chi connectivity index (χ4n) is 4.82. The molecule has 0 amide bonds. The average Bonchev–Trinajstić information content (AvgIpc) is 3.31. The molecule has 13 heteroatoms. The first-order valence-corrected chi connectivity index (χ1v) is 14.3. The predicted molar refractivity (Wildman–Crippen MR) is 142 cm³/mol. The van der Waals surface area contributed by atoms with Crippen molar-refractivity contribution >= 4 is 21.2 Å². The lowest BCUT2D eigenvalue weighted by Crippen LogP contribution is -2.38. The molecule has 9 nitrogen and oxygen atoms in total. The van der Waals surface area contributed by atoms with Crippen molar-refractivity contribution in [3.05, 3.63) is 81.4 Å². The van der Waals surface area contributed by atoms with Crippen molar-refractivity contribution in [2.24, 2.45) is 0 Å². The van der Waals surface area contributed by atoms with Gasteiger partial charge in [0.1, 0.15) is 5.82 Å². The van der Waals surface area contributed by atoms with Crippen LogP contribution in [0.5, 0.6) is 0 Å². The standard InChI is InChI=1S/C27H29F3N6O3S/c1-26(2,3)19-9-7-17(8-10-19)16-36-24-22(33-34-36)25(37)32-23(31-24)18-11-13-35(14-12-18)40(38,39)21-6-4-5-20(15-21)27(28,29)30/h4-10,15,18H,11-14,16H2,1-3H3,(H,31,32,37). The van der Waals surface area contributed by atoms with Gasteiger partial charge in [-0.2, -0.15) is 17.5 Å². The summed E-state index contributed by atoms with van der Waals surface area (Å²) >= 11 is 0. The van der Waals surface area contributed by atoms with Crippen molar-refractivity contribution in [2.75, 3.05) is 13.1 Å². The molecule has 40 heavy (non-hydrogen) atoms. The number of H-pyrrole nitrogens is 1. The van der Waals surface area contributed by atoms with Crippen LogP contribution in [-0.2, 0) is 28.2 Å². The van der Waals surface area contributed by atoms with Crippen LogP contribution in [0.2, 0.25) is 0 Å². The number of halogens is 3. The van der Waals surface area contributed by atoms with E-state index in [1.54, 1.807) is 4.68 Å². The van der Waals surface area contributed by atoms with Crippen LogP contribution < -0.4 is 5.56 Å². The molecule has 5 rings (SSSR count). The molecule has 3 heterocycles. The molecule has 1 fully saturated rings. The van der Waals surface area contributed by atoms with Crippen LogP contribution in [0.15, 0.2) is 58.2 Å². The van der Waals surface area contributed by atoms with Gasteiger partial charge >= 0.3 is 6.18 Å². The van der Waals surface area contributed by atoms with Crippen LogP contribution in [-0.4, -0.2) is 50.8 Å². The predicted octanol–water partition coefficient (Wildman–Crippen LogP) is 4.45. The van der Waals surface area contributed by atoms with Gasteiger partial charge in [-0.05, 0) is 47.6 Å². The SMILES string of the molecule is CC(C)(C)c1ccc(Cn2nnc3c(=O)[nH]c(C4CCN(S(=O)(=O)c5cccc(C(F)(F)F)c5)CC4)nc32)cc1. The fraction of sp³-hybridized carbons (Fsp3) is 0.407. The van der Waals surface area contributed by atoms with E-state index in [2.05, 4.69) is 53.2 Å². The summed E-state index contributed by atoms with van der Waals surface area (Å²) in [6.45, 7) is 6.91. The summed E-state index contributed by atoms with van der Waals surface area (Å²) in [5.41, 5.74) is 1.17. The molecular weight excluding hydrogens is 545 g/mol. The lowest BCUT2D eigenvalue weighted by atomic mass is 9.87. The van der Waals surface area contributed by atoms with E-state index in [0.717, 1.165) is 23.8 Å². The zero-order valence-electron chi connectivity index (χ0n) is 22.2. The highest BCUT2D eigenvalue weighted by molar-refractivity contribution is 7.89. The number of nitrogens with one attached hydrogen (secondary N) is 1. The molecule has 212 valence electrons. The summed E-state index contributed by atoms with van der Waals surface area (Å²) in [6, 6.07) is 11.9. The molecule has 1 N–H and O–H groups in total. The Morgan fingerprint density at radius 1 is 1.00 bits per heavy atom. The van der Waals surface area contributed by atoms with Gasteiger partial charge in [0, 0.05) is 19.0 Å². The molecule has 1 aliphatic heterocycles. The van der Waals surface area contributed by atoms with E-state index < -0.39 is 32.2 Å². The second-order valence-electron chi connectivity index (χ2n) is 11.0. The molecule has 0 bridgehead atoms. The second-order valence-corrected chi connectivity index (χ2v) is 13.0. The maximum atomic E-state index is 13.1. The van der Waals surface area contributed by atoms with Crippen molar-refractivity contribution in [3.63, 3.8) is 0 Å². The van der Waals surface area contributed by atoms with Crippen molar-refractivity contribution in [2.45, 2.75) is 62.6 Å². The monoisotopic (exact) mass is 574 g/mol. The quantitative estimate of drug-likeness (QED) is 0.377. The van der Waals surface area contributed by atoms with Crippen LogP contribution in [0, 0.1) is 0 Å². The number of nitrogens with zero attached hydrogens (tertiary/aromatic N) is 5. The maximum absolute atomic E-state index is 13.1. The Kier molecular flexibility index (Phi) is 7.07. The van der Waals surface area contributed by atoms with E-state index in [9.17, 15) is 26.4 Å². The highest BCUT2D eigenvalue weighted by Crippen LogP contribution is 2.33. The number of sulfonamides is 1. The highest BCUT2D eigenvalue weighted by atomic mass is 32.2. The molecule has 2 aromatic heterocycles. The van der Waals surface area contributed by atoms with E-state index in [-0.39, 0.29) is 29.9 Å². The number of hydrogen-bond donors (Lipinski definition) is 1. The Morgan fingerprint density at radius 3 is 2.30 bits per heavy atom. The van der Waals surface area contributed by atoms with Gasteiger partial charge in [-0.25, -0.2) is 18.1 Å². The fourth-order valence-corrected chi connectivity index (χ4v) is 6.33. The van der Waals surface area contributed by atoms with Gasteiger partial charge in [-0.15, -0.1) is 5.10 Å². The summed E-state index contributed by atoms with van der Waals surface area (Å²) in [6.07, 6.45) is -3.98. The van der Waals surface area contributed by atoms with Crippen molar-refractivity contribution in [1.29, 1.82) is 0 Å². The van der Waals surface area contributed by atoms with Gasteiger partial charge in [0.2, 0.25) is 10.0 Å². The lowest BCUT2D eigenvalue weighted by molar-refractivity contribution is -0.137. The number of hydrogen-bond acceptors (Lipinski definition) is 6. The first-order chi connectivity index (χ1) is 18.7. The molecular formula is C27H29F3N6O3S. The Hall–Kier alpha value is -3.58. The molecule has 0 unspecified atom stereocenters. The molecule has 1 saturated heterocycles. The van der Waals surface area contributed by atoms with Crippen molar-refractivity contribution in [1.82, 2.24) is 29.3 Å². The third kappa shape index (κ3) is 5.52. The third-order valence-electron chi connectivity index (χ3n) is 7.18. The van der Waals surface area contributed by atoms with Gasteiger partial charge in [0.15, 0.2) is 11.2 Å². The summed E-state index contributed by atoms with van der Waals surface area (Å²) in [5.74, 6) is 0.153. The van der Waals surface area contributed by atoms with Gasteiger partial charge in [-0.1, -0.05) is 56.3 Å². The molecule has 0 aliphatic carbocycles. The topological polar surface area (TPSA) is 114 Å². The van der Waals surface area contributed by atoms with Gasteiger partial charge < -0.3 is 4.98 Å². The largest absolute Gasteiger partial charge is 0.416 e. The minimum Gasteiger partial charge on any atom is -0.308 e. The first kappa shape index (κ1) is 28.0. The number of fused-ring (bicyclic) bond motifs is 1. The Bertz CT molecular complexity index is 1700. The number of piperidine rings is 1. The van der Waals surface area contributed by atoms with E-state index in [1.165, 1.54) is 9.87 Å². The van der Waals surface area contributed by atoms with Gasteiger partial charge in [0.05, 0.1) is 17.0 Å². The second kappa shape index (κ2) is 10.1. The van der Waals surface area contributed by atoms with Crippen molar-refractivity contribution < 1.29 is 21.6 Å². The van der Waals surface area contributed by atoms with E-state index >= 15 is 0 Å². The van der Waals surface area contributed by atoms with E-state index in [1.807, 2.05) is 12.1 Å². The molecule has 4 aromatic rings. The average molecular weight is 575 g/mol. The Labute approximate surface area is 229 Å². The van der Waals surface area contributed by atoms with Gasteiger partial charge in [-0.3, -0.25) is 4.79 Å². The molecule has 0 radical (unpaired) electrons. The summed E-state index contributed by atoms with van der Waals surface area (Å²) in [7, 11) is -4.12. The minimum atomic E-state index is -4.65. The number of rotatable bonds is 5. The number of aromatic nitrogens is 5. The first-order valence-electron chi connectivity index (χ1n) is 12.8. The minimum absolute atomic E-state index is 0.0181. The smallest absolute Gasteiger partial charge is 0.308 e. The molecule has 0 saturated carbocycles. The molecule has 1 aliphatic rings. The molecule has 0 atom stereocenters. The lowest BCUT2D eigenvalue weighted by Gasteiger charge is -2.30. The summed E-state index contributed by atoms with van der Waals surface area (Å²) in [5, 5.41) is 8.13. The number of alkyl halides is 3. The zero-order valence-corrected chi connectivity index (χ0v) is 23.1. The van der Waals surface area contributed by atoms with Crippen LogP contribution in [0.4, 0.5) is 13.2 Å². The highest BCUT2D eigenvalue weighted by Gasteiger charge is 2.35. The number of aromatic amines is 1. The summed E-state index contributed by atoms with van der Waals surface area (Å²) in [4.78, 5) is 19.8. The molecule has 0 spiro atoms. The van der Waals surface area contributed by atoms with Crippen LogP contribution >= 0.6 is 0 Å². The van der Waals surface area contributed by atoms with E-state index in [4.69, 9.17) is 0 Å². The maximum Gasteiger partial charge on any atom is 0.416 e. The Balaban J connectivity index is 1.34. The van der Waals surface area contributed by atoms with Crippen LogP contribution in [0.25, 0.3) is 11.2 Å². The van der Waals surface area contributed by atoms with Crippen LogP contribution in [0.3, 0.4) is 0 Å². The number of benzene rings is 2. The zero-order chi connectivity index (χ0) is 28.9. The summed E-state index contributed by atoms with van der Waals surface area (Å²) < 4.78 is 68.2.